The van der Waals surface area contributed by atoms with Crippen molar-refractivity contribution in [3.05, 3.63) is 60.2 Å². The third-order valence-corrected chi connectivity index (χ3v) is 5.31. The van der Waals surface area contributed by atoms with Gasteiger partial charge in [0, 0.05) is 38.6 Å². The molecular formula is C23H32N2O3. The molecule has 0 radical (unpaired) electrons. The van der Waals surface area contributed by atoms with Crippen molar-refractivity contribution in [3.63, 3.8) is 0 Å². The van der Waals surface area contributed by atoms with Gasteiger partial charge in [-0.05, 0) is 17.7 Å². The lowest BCUT2D eigenvalue weighted by Gasteiger charge is -2.37. The molecule has 0 unspecified atom stereocenters. The first-order chi connectivity index (χ1) is 13.7. The highest BCUT2D eigenvalue weighted by Gasteiger charge is 2.21. The highest BCUT2D eigenvalue weighted by molar-refractivity contribution is 5.58. The monoisotopic (exact) mass is 384 g/mol. The smallest absolute Gasteiger partial charge is 0.142 e. The number of hydrogen-bond acceptors (Lipinski definition) is 5. The number of methoxy groups -OCH3 is 1. The summed E-state index contributed by atoms with van der Waals surface area (Å²) in [7, 11) is 1.71. The van der Waals surface area contributed by atoms with Crippen molar-refractivity contribution >= 4 is 5.69 Å². The molecule has 5 nitrogen and oxygen atoms in total. The summed E-state index contributed by atoms with van der Waals surface area (Å²) in [5.74, 6) is 1.25. The molecular weight excluding hydrogens is 352 g/mol. The number of nitrogens with zero attached hydrogens (tertiary/aromatic N) is 2. The second-order valence-electron chi connectivity index (χ2n) is 7.46. The van der Waals surface area contributed by atoms with Crippen LogP contribution in [0, 0.1) is 0 Å². The fraction of sp³-hybridized carbons (Fsp3) is 0.478. The molecule has 1 saturated heterocycles. The van der Waals surface area contributed by atoms with Crippen molar-refractivity contribution in [1.82, 2.24) is 4.90 Å². The molecule has 0 aromatic heterocycles. The SMILES string of the molecule is COc1ccccc1N1CCN(C[C@H](O)COC[C@H](C)c2ccccc2)CC1. The van der Waals surface area contributed by atoms with Gasteiger partial charge in [-0.15, -0.1) is 0 Å². The van der Waals surface area contributed by atoms with E-state index in [-0.39, 0.29) is 0 Å². The van der Waals surface area contributed by atoms with Gasteiger partial charge in [0.25, 0.3) is 0 Å². The second-order valence-corrected chi connectivity index (χ2v) is 7.46. The van der Waals surface area contributed by atoms with Crippen molar-refractivity contribution in [2.75, 3.05) is 57.9 Å². The summed E-state index contributed by atoms with van der Waals surface area (Å²) >= 11 is 0. The summed E-state index contributed by atoms with van der Waals surface area (Å²) in [6, 6.07) is 18.5. The van der Waals surface area contributed by atoms with Gasteiger partial charge in [-0.2, -0.15) is 0 Å². The number of piperazine rings is 1. The highest BCUT2D eigenvalue weighted by atomic mass is 16.5. The van der Waals surface area contributed by atoms with Gasteiger partial charge in [-0.25, -0.2) is 0 Å². The maximum absolute atomic E-state index is 10.3. The molecule has 5 heteroatoms. The Morgan fingerprint density at radius 3 is 2.32 bits per heavy atom. The van der Waals surface area contributed by atoms with E-state index in [2.05, 4.69) is 34.9 Å². The summed E-state index contributed by atoms with van der Waals surface area (Å²) in [6.07, 6.45) is -0.458. The lowest BCUT2D eigenvalue weighted by Crippen LogP contribution is -2.49. The van der Waals surface area contributed by atoms with E-state index in [0.717, 1.165) is 37.6 Å². The fourth-order valence-corrected chi connectivity index (χ4v) is 3.67. The van der Waals surface area contributed by atoms with Crippen LogP contribution in [-0.4, -0.2) is 69.2 Å². The van der Waals surface area contributed by atoms with Gasteiger partial charge in [0.2, 0.25) is 0 Å². The van der Waals surface area contributed by atoms with Gasteiger partial charge >= 0.3 is 0 Å². The molecule has 28 heavy (non-hydrogen) atoms. The maximum Gasteiger partial charge on any atom is 0.142 e. The van der Waals surface area contributed by atoms with E-state index in [4.69, 9.17) is 9.47 Å². The number of β-amino-alcohol motifs (C(OH)–C–C–N with tert-alkyl or cyclic N) is 1. The van der Waals surface area contributed by atoms with E-state index in [1.807, 2.05) is 36.4 Å². The lowest BCUT2D eigenvalue weighted by molar-refractivity contribution is 0.0123. The molecule has 0 spiro atoms. The molecule has 0 amide bonds. The molecule has 2 aromatic carbocycles. The molecule has 1 aliphatic rings. The number of para-hydroxylation sites is 2. The van der Waals surface area contributed by atoms with E-state index in [1.165, 1.54) is 5.56 Å². The van der Waals surface area contributed by atoms with Crippen molar-refractivity contribution in [1.29, 1.82) is 0 Å². The van der Waals surface area contributed by atoms with Gasteiger partial charge in [0.15, 0.2) is 0 Å². The molecule has 1 aliphatic heterocycles. The van der Waals surface area contributed by atoms with Gasteiger partial charge < -0.3 is 19.5 Å². The molecule has 1 heterocycles. The standard InChI is InChI=1S/C23H32N2O3/c1-19(20-8-4-3-5-9-20)17-28-18-21(26)16-24-12-14-25(15-13-24)22-10-6-7-11-23(22)27-2/h3-11,19,21,26H,12-18H2,1-2H3/t19-,21-/m0/s1. The average Bonchev–Trinajstić information content (AvgIpc) is 2.75. The first-order valence-corrected chi connectivity index (χ1v) is 10.1. The number of aliphatic hydroxyl groups is 1. The Labute approximate surface area is 168 Å². The molecule has 0 saturated carbocycles. The normalized spacial score (nSPS) is 17.3. The van der Waals surface area contributed by atoms with Crippen LogP contribution in [0.15, 0.2) is 54.6 Å². The van der Waals surface area contributed by atoms with Crippen LogP contribution < -0.4 is 9.64 Å². The average molecular weight is 385 g/mol. The predicted octanol–water partition coefficient (Wildman–Crippen LogP) is 3.00. The number of hydrogen-bond donors (Lipinski definition) is 1. The van der Waals surface area contributed by atoms with Crippen LogP contribution in [0.2, 0.25) is 0 Å². The lowest BCUT2D eigenvalue weighted by atomic mass is 10.0. The molecule has 2 atom stereocenters. The van der Waals surface area contributed by atoms with Crippen LogP contribution in [0.4, 0.5) is 5.69 Å². The quantitative estimate of drug-likeness (QED) is 0.720. The summed E-state index contributed by atoms with van der Waals surface area (Å²) in [5.41, 5.74) is 2.41. The summed E-state index contributed by atoms with van der Waals surface area (Å²) in [4.78, 5) is 4.65. The van der Waals surface area contributed by atoms with Crippen LogP contribution in [0.1, 0.15) is 18.4 Å². The first-order valence-electron chi connectivity index (χ1n) is 10.1. The number of ether oxygens (including phenoxy) is 2. The first kappa shape index (κ1) is 20.6. The Balaban J connectivity index is 1.37. The largest absolute Gasteiger partial charge is 0.495 e. The van der Waals surface area contributed by atoms with Gasteiger partial charge in [0.05, 0.1) is 32.1 Å². The molecule has 0 bridgehead atoms. The maximum atomic E-state index is 10.3. The zero-order chi connectivity index (χ0) is 19.8. The van der Waals surface area contributed by atoms with Crippen molar-refractivity contribution < 1.29 is 14.6 Å². The molecule has 3 rings (SSSR count). The number of aliphatic hydroxyl groups excluding tert-OH is 1. The summed E-state index contributed by atoms with van der Waals surface area (Å²) in [6.45, 7) is 7.52. The van der Waals surface area contributed by atoms with Crippen LogP contribution in [-0.2, 0) is 4.74 Å². The topological polar surface area (TPSA) is 45.2 Å². The van der Waals surface area contributed by atoms with Crippen LogP contribution in [0.25, 0.3) is 0 Å². The van der Waals surface area contributed by atoms with Crippen molar-refractivity contribution in [2.24, 2.45) is 0 Å². The number of benzene rings is 2. The Bertz CT molecular complexity index is 702. The number of rotatable bonds is 9. The van der Waals surface area contributed by atoms with Crippen LogP contribution >= 0.6 is 0 Å². The minimum absolute atomic E-state index is 0.331. The second kappa shape index (κ2) is 10.5. The Hall–Kier alpha value is -2.08. The highest BCUT2D eigenvalue weighted by Crippen LogP contribution is 2.28. The molecule has 2 aromatic rings. The van der Waals surface area contributed by atoms with Crippen LogP contribution in [0.3, 0.4) is 0 Å². The van der Waals surface area contributed by atoms with E-state index in [0.29, 0.717) is 25.7 Å². The fourth-order valence-electron chi connectivity index (χ4n) is 3.67. The number of anilines is 1. The van der Waals surface area contributed by atoms with Gasteiger partial charge in [0.1, 0.15) is 5.75 Å². The zero-order valence-electron chi connectivity index (χ0n) is 17.0. The minimum Gasteiger partial charge on any atom is -0.495 e. The van der Waals surface area contributed by atoms with Crippen molar-refractivity contribution in [3.8, 4) is 5.75 Å². The van der Waals surface area contributed by atoms with Gasteiger partial charge in [-0.1, -0.05) is 49.4 Å². The van der Waals surface area contributed by atoms with Crippen molar-refractivity contribution in [2.45, 2.75) is 18.9 Å². The van der Waals surface area contributed by atoms with E-state index < -0.39 is 6.10 Å². The summed E-state index contributed by atoms with van der Waals surface area (Å²) in [5, 5.41) is 10.3. The molecule has 0 aliphatic carbocycles. The Kier molecular flexibility index (Phi) is 7.71. The van der Waals surface area contributed by atoms with Crippen LogP contribution in [0.5, 0.6) is 5.75 Å². The van der Waals surface area contributed by atoms with Gasteiger partial charge in [-0.3, -0.25) is 4.90 Å². The molecule has 1 N–H and O–H groups in total. The Morgan fingerprint density at radius 2 is 1.61 bits per heavy atom. The Morgan fingerprint density at radius 1 is 0.929 bits per heavy atom. The third-order valence-electron chi connectivity index (χ3n) is 5.31. The van der Waals surface area contributed by atoms with E-state index >= 15 is 0 Å². The summed E-state index contributed by atoms with van der Waals surface area (Å²) < 4.78 is 11.2. The zero-order valence-corrected chi connectivity index (χ0v) is 17.0. The van der Waals surface area contributed by atoms with E-state index in [9.17, 15) is 5.11 Å². The van der Waals surface area contributed by atoms with E-state index in [1.54, 1.807) is 7.11 Å². The minimum atomic E-state index is -0.458. The molecule has 152 valence electrons. The predicted molar refractivity (Wildman–Crippen MR) is 113 cm³/mol. The molecule has 1 fully saturated rings. The third kappa shape index (κ3) is 5.71.